The summed E-state index contributed by atoms with van der Waals surface area (Å²) in [4.78, 5) is 14.7. The second-order valence-electron chi connectivity index (χ2n) is 5.83. The van der Waals surface area contributed by atoms with E-state index in [1.165, 1.54) is 5.56 Å². The van der Waals surface area contributed by atoms with Crippen LogP contribution in [0, 0.1) is 0 Å². The minimum Gasteiger partial charge on any atom is -0.497 e. The molecule has 1 N–H and O–H groups in total. The molecule has 1 aliphatic rings. The van der Waals surface area contributed by atoms with E-state index in [1.807, 2.05) is 0 Å². The number of thiophene rings is 1. The fourth-order valence-corrected chi connectivity index (χ4v) is 3.83. The maximum atomic E-state index is 12.5. The molecule has 1 fully saturated rings. The van der Waals surface area contributed by atoms with Gasteiger partial charge in [-0.15, -0.1) is 0 Å². The average Bonchev–Trinajstić information content (AvgIpc) is 3.25. The number of carbonyl (C=O) groups excluding carboxylic acids is 1. The molecule has 1 saturated heterocycles. The Labute approximate surface area is 146 Å². The van der Waals surface area contributed by atoms with Gasteiger partial charge in [-0.3, -0.25) is 9.69 Å². The molecule has 0 radical (unpaired) electrons. The minimum atomic E-state index is -0.0209. The zero-order valence-corrected chi connectivity index (χ0v) is 14.8. The number of hydrogen-bond donors (Lipinski definition) is 1. The van der Waals surface area contributed by atoms with E-state index in [4.69, 9.17) is 9.47 Å². The summed E-state index contributed by atoms with van der Waals surface area (Å²) in [5.74, 6) is 1.29. The summed E-state index contributed by atoms with van der Waals surface area (Å²) in [5, 5.41) is 7.21. The van der Waals surface area contributed by atoms with Crippen LogP contribution in [0.1, 0.15) is 24.4 Å². The van der Waals surface area contributed by atoms with Crippen LogP contribution in [-0.4, -0.2) is 38.1 Å². The summed E-state index contributed by atoms with van der Waals surface area (Å²) in [6.45, 7) is 1.34. The monoisotopic (exact) mass is 346 g/mol. The summed E-state index contributed by atoms with van der Waals surface area (Å²) in [6.07, 6.45) is 2.23. The van der Waals surface area contributed by atoms with Crippen LogP contribution in [0.3, 0.4) is 0 Å². The standard InChI is InChI=1S/C18H22N2O3S/c1-22-15-8-14(9-16(10-15)23-2)19-18(21)11-20-6-3-4-17(20)13-5-7-24-12-13/h5,7-10,12,17H,3-4,6,11H2,1-2H3,(H,19,21)/t17-/m0/s1. The molecule has 0 bridgehead atoms. The van der Waals surface area contributed by atoms with Gasteiger partial charge in [0.05, 0.1) is 20.8 Å². The molecule has 2 aromatic rings. The van der Waals surface area contributed by atoms with E-state index in [0.29, 0.717) is 29.8 Å². The molecule has 0 spiro atoms. The Kier molecular flexibility index (Phi) is 5.37. The largest absolute Gasteiger partial charge is 0.497 e. The van der Waals surface area contributed by atoms with Crippen molar-refractivity contribution in [1.82, 2.24) is 4.90 Å². The van der Waals surface area contributed by atoms with Crippen LogP contribution in [0.4, 0.5) is 5.69 Å². The number of rotatable bonds is 6. The molecule has 1 amide bonds. The fourth-order valence-electron chi connectivity index (χ4n) is 3.12. The Morgan fingerprint density at radius 1 is 1.29 bits per heavy atom. The van der Waals surface area contributed by atoms with Gasteiger partial charge >= 0.3 is 0 Å². The van der Waals surface area contributed by atoms with Crippen molar-refractivity contribution in [3.8, 4) is 11.5 Å². The van der Waals surface area contributed by atoms with Crippen molar-refractivity contribution in [2.75, 3.05) is 32.6 Å². The first-order valence-corrected chi connectivity index (χ1v) is 8.93. The van der Waals surface area contributed by atoms with Crippen LogP contribution < -0.4 is 14.8 Å². The highest BCUT2D eigenvalue weighted by Crippen LogP contribution is 2.33. The van der Waals surface area contributed by atoms with Crippen molar-refractivity contribution in [2.45, 2.75) is 18.9 Å². The van der Waals surface area contributed by atoms with Gasteiger partial charge in [0, 0.05) is 29.9 Å². The number of amides is 1. The molecular weight excluding hydrogens is 324 g/mol. The van der Waals surface area contributed by atoms with E-state index in [2.05, 4.69) is 27.0 Å². The normalized spacial score (nSPS) is 17.7. The molecule has 6 heteroatoms. The molecule has 0 aliphatic carbocycles. The van der Waals surface area contributed by atoms with Crippen molar-refractivity contribution >= 4 is 22.9 Å². The molecule has 5 nitrogen and oxygen atoms in total. The Morgan fingerprint density at radius 2 is 2.04 bits per heavy atom. The van der Waals surface area contributed by atoms with Gasteiger partial charge in [-0.05, 0) is 41.8 Å². The number of hydrogen-bond acceptors (Lipinski definition) is 5. The lowest BCUT2D eigenvalue weighted by Crippen LogP contribution is -2.32. The number of methoxy groups -OCH3 is 2. The van der Waals surface area contributed by atoms with Crippen LogP contribution >= 0.6 is 11.3 Å². The first kappa shape index (κ1) is 16.8. The number of ether oxygens (including phenoxy) is 2. The second kappa shape index (κ2) is 7.68. The highest BCUT2D eigenvalue weighted by Gasteiger charge is 2.27. The Balaban J connectivity index is 1.65. The molecule has 2 heterocycles. The number of nitrogens with one attached hydrogen (secondary N) is 1. The number of benzene rings is 1. The molecule has 1 atom stereocenters. The zero-order valence-electron chi connectivity index (χ0n) is 14.0. The van der Waals surface area contributed by atoms with Crippen LogP contribution in [0.25, 0.3) is 0 Å². The molecule has 1 aromatic carbocycles. The number of nitrogens with zero attached hydrogens (tertiary/aromatic N) is 1. The van der Waals surface area contributed by atoms with Gasteiger partial charge in [0.15, 0.2) is 0 Å². The van der Waals surface area contributed by atoms with Gasteiger partial charge in [-0.2, -0.15) is 11.3 Å². The van der Waals surface area contributed by atoms with Crippen molar-refractivity contribution in [1.29, 1.82) is 0 Å². The highest BCUT2D eigenvalue weighted by molar-refractivity contribution is 7.07. The Bertz CT molecular complexity index is 665. The quantitative estimate of drug-likeness (QED) is 0.869. The predicted octanol–water partition coefficient (Wildman–Crippen LogP) is 3.54. The smallest absolute Gasteiger partial charge is 0.238 e. The first-order chi connectivity index (χ1) is 11.7. The van der Waals surface area contributed by atoms with Gasteiger partial charge in [0.1, 0.15) is 11.5 Å². The molecule has 0 unspecified atom stereocenters. The summed E-state index contributed by atoms with van der Waals surface area (Å²) in [7, 11) is 3.19. The lowest BCUT2D eigenvalue weighted by atomic mass is 10.1. The predicted molar refractivity (Wildman–Crippen MR) is 96.0 cm³/mol. The van der Waals surface area contributed by atoms with E-state index in [9.17, 15) is 4.79 Å². The highest BCUT2D eigenvalue weighted by atomic mass is 32.1. The van der Waals surface area contributed by atoms with Gasteiger partial charge in [0.25, 0.3) is 0 Å². The zero-order chi connectivity index (χ0) is 16.9. The summed E-state index contributed by atoms with van der Waals surface area (Å²) in [5.41, 5.74) is 2.00. The SMILES string of the molecule is COc1cc(NC(=O)CN2CCC[C@H]2c2ccsc2)cc(OC)c1. The van der Waals surface area contributed by atoms with Crippen molar-refractivity contribution < 1.29 is 14.3 Å². The molecule has 24 heavy (non-hydrogen) atoms. The Hall–Kier alpha value is -2.05. The molecule has 3 rings (SSSR count). The Morgan fingerprint density at radius 3 is 2.67 bits per heavy atom. The third kappa shape index (κ3) is 3.88. The number of carbonyl (C=O) groups is 1. The van der Waals surface area contributed by atoms with E-state index in [1.54, 1.807) is 43.8 Å². The van der Waals surface area contributed by atoms with Gasteiger partial charge in [-0.25, -0.2) is 0 Å². The first-order valence-electron chi connectivity index (χ1n) is 7.98. The topological polar surface area (TPSA) is 50.8 Å². The van der Waals surface area contributed by atoms with Gasteiger partial charge in [0.2, 0.25) is 5.91 Å². The van der Waals surface area contributed by atoms with Gasteiger partial charge in [-0.1, -0.05) is 0 Å². The number of likely N-dealkylation sites (tertiary alicyclic amines) is 1. The molecular formula is C18H22N2O3S. The van der Waals surface area contributed by atoms with Crippen LogP contribution in [-0.2, 0) is 4.79 Å². The molecule has 1 aromatic heterocycles. The average molecular weight is 346 g/mol. The van der Waals surface area contributed by atoms with E-state index in [0.717, 1.165) is 19.4 Å². The number of anilines is 1. The summed E-state index contributed by atoms with van der Waals surface area (Å²) < 4.78 is 10.5. The molecule has 1 aliphatic heterocycles. The lowest BCUT2D eigenvalue weighted by molar-refractivity contribution is -0.117. The summed E-state index contributed by atoms with van der Waals surface area (Å²) in [6, 6.07) is 7.87. The second-order valence-corrected chi connectivity index (χ2v) is 6.61. The van der Waals surface area contributed by atoms with Crippen LogP contribution in [0.2, 0.25) is 0 Å². The molecule has 128 valence electrons. The maximum absolute atomic E-state index is 12.5. The van der Waals surface area contributed by atoms with Crippen molar-refractivity contribution in [3.05, 3.63) is 40.6 Å². The maximum Gasteiger partial charge on any atom is 0.238 e. The molecule has 0 saturated carbocycles. The third-order valence-corrected chi connectivity index (χ3v) is 4.97. The van der Waals surface area contributed by atoms with Crippen molar-refractivity contribution in [2.24, 2.45) is 0 Å². The van der Waals surface area contributed by atoms with E-state index >= 15 is 0 Å². The third-order valence-electron chi connectivity index (χ3n) is 4.27. The minimum absolute atomic E-state index is 0.0209. The van der Waals surface area contributed by atoms with Crippen LogP contribution in [0.5, 0.6) is 11.5 Å². The lowest BCUT2D eigenvalue weighted by Gasteiger charge is -2.23. The van der Waals surface area contributed by atoms with Crippen molar-refractivity contribution in [3.63, 3.8) is 0 Å². The summed E-state index contributed by atoms with van der Waals surface area (Å²) >= 11 is 1.70. The van der Waals surface area contributed by atoms with E-state index < -0.39 is 0 Å². The van der Waals surface area contributed by atoms with E-state index in [-0.39, 0.29) is 5.91 Å². The van der Waals surface area contributed by atoms with Crippen LogP contribution in [0.15, 0.2) is 35.0 Å². The van der Waals surface area contributed by atoms with Gasteiger partial charge < -0.3 is 14.8 Å². The fraction of sp³-hybridized carbons (Fsp3) is 0.389.